The minimum absolute atomic E-state index is 0.274. The molecule has 1 atom stereocenters. The Labute approximate surface area is 96.8 Å². The van der Waals surface area contributed by atoms with Crippen LogP contribution in [0, 0.1) is 0 Å². The Balaban J connectivity index is 4.52. The summed E-state index contributed by atoms with van der Waals surface area (Å²) in [7, 11) is 1.49. The molecule has 0 aromatic heterocycles. The number of hydrogen-bond acceptors (Lipinski definition) is 2. The first-order valence-electron chi connectivity index (χ1n) is 5.55. The fraction of sp³-hybridized carbons (Fsp3) is 0.818. The lowest BCUT2D eigenvalue weighted by atomic mass is 9.96. The Kier molecular flexibility index (Phi) is 5.27. The van der Waals surface area contributed by atoms with Gasteiger partial charge in [-0.05, 0) is 26.7 Å². The van der Waals surface area contributed by atoms with Crippen molar-refractivity contribution in [3.05, 3.63) is 0 Å². The second-order valence-corrected chi connectivity index (χ2v) is 4.32. The predicted octanol–water partition coefficient (Wildman–Crippen LogP) is 1.68. The van der Waals surface area contributed by atoms with Crippen LogP contribution >= 0.6 is 0 Å². The van der Waals surface area contributed by atoms with Crippen molar-refractivity contribution in [2.45, 2.75) is 52.1 Å². The molecule has 0 rings (SSSR count). The van der Waals surface area contributed by atoms with E-state index in [-0.39, 0.29) is 11.6 Å². The van der Waals surface area contributed by atoms with Gasteiger partial charge < -0.3 is 15.3 Å². The number of carbonyl (C=O) groups is 2. The highest BCUT2D eigenvalue weighted by Gasteiger charge is 2.27. The lowest BCUT2D eigenvalue weighted by molar-refractivity contribution is -0.141. The van der Waals surface area contributed by atoms with Gasteiger partial charge in [0, 0.05) is 12.6 Å². The second kappa shape index (κ2) is 5.72. The smallest absolute Gasteiger partial charge is 0.326 e. The average molecular weight is 230 g/mol. The van der Waals surface area contributed by atoms with Crippen LogP contribution in [-0.4, -0.2) is 40.6 Å². The summed E-state index contributed by atoms with van der Waals surface area (Å²) in [5, 5.41) is 11.6. The maximum absolute atomic E-state index is 11.8. The monoisotopic (exact) mass is 230 g/mol. The van der Waals surface area contributed by atoms with Gasteiger partial charge in [0.15, 0.2) is 0 Å². The van der Waals surface area contributed by atoms with Crippen LogP contribution in [0.1, 0.15) is 40.5 Å². The van der Waals surface area contributed by atoms with Crippen LogP contribution in [0.4, 0.5) is 4.79 Å². The third kappa shape index (κ3) is 3.72. The number of rotatable bonds is 5. The molecule has 16 heavy (non-hydrogen) atoms. The Bertz CT molecular complexity index is 262. The minimum atomic E-state index is -1.01. The first-order chi connectivity index (χ1) is 7.27. The Hall–Kier alpha value is -1.26. The van der Waals surface area contributed by atoms with Crippen molar-refractivity contribution in [2.75, 3.05) is 7.05 Å². The summed E-state index contributed by atoms with van der Waals surface area (Å²) < 4.78 is 0. The minimum Gasteiger partial charge on any atom is -0.480 e. The largest absolute Gasteiger partial charge is 0.480 e. The summed E-state index contributed by atoms with van der Waals surface area (Å²) in [6.07, 6.45) is 1.62. The molecular formula is C11H22N2O3. The van der Waals surface area contributed by atoms with E-state index in [1.165, 1.54) is 18.9 Å². The number of aliphatic carboxylic acids is 1. The zero-order valence-corrected chi connectivity index (χ0v) is 10.7. The second-order valence-electron chi connectivity index (χ2n) is 4.32. The highest BCUT2D eigenvalue weighted by Crippen LogP contribution is 2.14. The van der Waals surface area contributed by atoms with Crippen molar-refractivity contribution in [1.82, 2.24) is 10.2 Å². The number of carbonyl (C=O) groups excluding carboxylic acids is 1. The van der Waals surface area contributed by atoms with E-state index in [1.807, 2.05) is 20.8 Å². The molecule has 0 radical (unpaired) electrons. The molecule has 2 amide bonds. The number of likely N-dealkylation sites (N-methyl/N-ethyl adjacent to an activating group) is 1. The molecule has 0 aromatic rings. The normalized spacial score (nSPS) is 13.1. The van der Waals surface area contributed by atoms with Gasteiger partial charge in [-0.25, -0.2) is 9.59 Å². The topological polar surface area (TPSA) is 69.6 Å². The Morgan fingerprint density at radius 3 is 2.12 bits per heavy atom. The fourth-order valence-electron chi connectivity index (χ4n) is 1.11. The number of carboxylic acid groups (broad SMARTS) is 1. The van der Waals surface area contributed by atoms with Crippen molar-refractivity contribution in [3.63, 3.8) is 0 Å². The molecule has 0 fully saturated rings. The van der Waals surface area contributed by atoms with Crippen molar-refractivity contribution in [3.8, 4) is 0 Å². The molecular weight excluding hydrogens is 208 g/mol. The van der Waals surface area contributed by atoms with E-state index in [0.29, 0.717) is 0 Å². The van der Waals surface area contributed by atoms with E-state index in [0.717, 1.165) is 12.8 Å². The summed E-state index contributed by atoms with van der Waals surface area (Å²) in [6, 6.07) is -1.17. The van der Waals surface area contributed by atoms with Crippen LogP contribution in [0.25, 0.3) is 0 Å². The summed E-state index contributed by atoms with van der Waals surface area (Å²) in [5.74, 6) is -1.01. The van der Waals surface area contributed by atoms with Crippen LogP contribution in [0.5, 0.6) is 0 Å². The average Bonchev–Trinajstić information content (AvgIpc) is 2.26. The zero-order chi connectivity index (χ0) is 12.9. The summed E-state index contributed by atoms with van der Waals surface area (Å²) in [4.78, 5) is 23.7. The van der Waals surface area contributed by atoms with Crippen molar-refractivity contribution < 1.29 is 14.7 Å². The van der Waals surface area contributed by atoms with Gasteiger partial charge in [-0.15, -0.1) is 0 Å². The number of carboxylic acids is 1. The molecule has 0 bridgehead atoms. The third-order valence-electron chi connectivity index (χ3n) is 3.23. The molecule has 5 nitrogen and oxygen atoms in total. The molecule has 0 aromatic carbocycles. The molecule has 5 heteroatoms. The molecule has 0 aliphatic carbocycles. The number of nitrogens with one attached hydrogen (secondary N) is 1. The SMILES string of the molecule is CCC(C)(CC)NC(=O)N(C)C(C)C(=O)O. The van der Waals surface area contributed by atoms with Crippen molar-refractivity contribution >= 4 is 12.0 Å². The van der Waals surface area contributed by atoms with E-state index in [1.54, 1.807) is 0 Å². The lowest BCUT2D eigenvalue weighted by Crippen LogP contribution is -2.53. The van der Waals surface area contributed by atoms with E-state index in [2.05, 4.69) is 5.32 Å². The maximum atomic E-state index is 11.8. The summed E-state index contributed by atoms with van der Waals surface area (Å²) in [5.41, 5.74) is -0.274. The maximum Gasteiger partial charge on any atom is 0.326 e. The van der Waals surface area contributed by atoms with Crippen LogP contribution in [0.2, 0.25) is 0 Å². The van der Waals surface area contributed by atoms with Crippen LogP contribution in [0.3, 0.4) is 0 Å². The third-order valence-corrected chi connectivity index (χ3v) is 3.23. The first-order valence-corrected chi connectivity index (χ1v) is 5.55. The van der Waals surface area contributed by atoms with Gasteiger partial charge >= 0.3 is 12.0 Å². The van der Waals surface area contributed by atoms with E-state index >= 15 is 0 Å². The molecule has 0 saturated carbocycles. The highest BCUT2D eigenvalue weighted by molar-refractivity contribution is 5.82. The number of amides is 2. The van der Waals surface area contributed by atoms with E-state index in [4.69, 9.17) is 5.11 Å². The molecule has 0 spiro atoms. The summed E-state index contributed by atoms with van der Waals surface area (Å²) >= 11 is 0. The lowest BCUT2D eigenvalue weighted by Gasteiger charge is -2.32. The molecule has 0 aliphatic heterocycles. The van der Waals surface area contributed by atoms with Gasteiger partial charge in [-0.2, -0.15) is 0 Å². The first kappa shape index (κ1) is 14.7. The van der Waals surface area contributed by atoms with Crippen LogP contribution in [0.15, 0.2) is 0 Å². The molecule has 2 N–H and O–H groups in total. The molecule has 1 unspecified atom stereocenters. The van der Waals surface area contributed by atoms with Gasteiger partial charge in [-0.1, -0.05) is 13.8 Å². The van der Waals surface area contributed by atoms with Gasteiger partial charge in [0.05, 0.1) is 0 Å². The quantitative estimate of drug-likeness (QED) is 0.755. The van der Waals surface area contributed by atoms with Crippen LogP contribution in [-0.2, 0) is 4.79 Å². The van der Waals surface area contributed by atoms with Gasteiger partial charge in [0.1, 0.15) is 6.04 Å². The zero-order valence-electron chi connectivity index (χ0n) is 10.7. The number of nitrogens with zero attached hydrogens (tertiary/aromatic N) is 1. The predicted molar refractivity (Wildman–Crippen MR) is 62.4 cm³/mol. The number of hydrogen-bond donors (Lipinski definition) is 2. The van der Waals surface area contributed by atoms with Crippen molar-refractivity contribution in [1.29, 1.82) is 0 Å². The summed E-state index contributed by atoms with van der Waals surface area (Å²) in [6.45, 7) is 7.41. The molecule has 94 valence electrons. The number of urea groups is 1. The van der Waals surface area contributed by atoms with E-state index in [9.17, 15) is 9.59 Å². The van der Waals surface area contributed by atoms with Gasteiger partial charge in [-0.3, -0.25) is 0 Å². The Morgan fingerprint density at radius 1 is 1.38 bits per heavy atom. The van der Waals surface area contributed by atoms with Gasteiger partial charge in [0.25, 0.3) is 0 Å². The highest BCUT2D eigenvalue weighted by atomic mass is 16.4. The molecule has 0 saturated heterocycles. The molecule has 0 heterocycles. The molecule has 0 aliphatic rings. The van der Waals surface area contributed by atoms with Gasteiger partial charge in [0.2, 0.25) is 0 Å². The van der Waals surface area contributed by atoms with E-state index < -0.39 is 12.0 Å². The fourth-order valence-corrected chi connectivity index (χ4v) is 1.11. The van der Waals surface area contributed by atoms with Crippen molar-refractivity contribution in [2.24, 2.45) is 0 Å². The Morgan fingerprint density at radius 2 is 1.81 bits per heavy atom. The standard InChI is InChI=1S/C11H22N2O3/c1-6-11(4,7-2)12-10(16)13(5)8(3)9(14)15/h8H,6-7H2,1-5H3,(H,12,16)(H,14,15). The van der Waals surface area contributed by atoms with Crippen LogP contribution < -0.4 is 5.32 Å².